The molecular weight excluding hydrogens is 275 g/mol. The van der Waals surface area contributed by atoms with Crippen LogP contribution in [-0.2, 0) is 0 Å². The average molecular weight is 283 g/mol. The number of anilines is 1. The molecule has 1 aromatic heterocycles. The fraction of sp³-hybridized carbons (Fsp3) is 0. The Morgan fingerprint density at radius 2 is 2.12 bits per heavy atom. The number of rotatable bonds is 2. The predicted molar refractivity (Wildman–Crippen MR) is 62.8 cm³/mol. The molecule has 5 heteroatoms. The monoisotopic (exact) mass is 282 g/mol. The van der Waals surface area contributed by atoms with Crippen molar-refractivity contribution in [2.24, 2.45) is 0 Å². The van der Waals surface area contributed by atoms with Gasteiger partial charge in [0.2, 0.25) is 0 Å². The van der Waals surface area contributed by atoms with Gasteiger partial charge in [-0.2, -0.15) is 0 Å². The Morgan fingerprint density at radius 3 is 2.81 bits per heavy atom. The zero-order valence-corrected chi connectivity index (χ0v) is 9.74. The molecule has 0 unspecified atom stereocenters. The van der Waals surface area contributed by atoms with E-state index in [2.05, 4.69) is 20.9 Å². The number of nitrogens with two attached hydrogens (primary N) is 1. The molecule has 16 heavy (non-hydrogen) atoms. The molecule has 2 aromatic rings. The lowest BCUT2D eigenvalue weighted by molar-refractivity contribution is 0.475. The van der Waals surface area contributed by atoms with E-state index >= 15 is 0 Å². The number of hydrogen-bond donors (Lipinski definition) is 1. The number of pyridine rings is 1. The summed E-state index contributed by atoms with van der Waals surface area (Å²) in [5.74, 6) is 0.459. The Morgan fingerprint density at radius 1 is 1.31 bits per heavy atom. The molecule has 0 aliphatic heterocycles. The first kappa shape index (κ1) is 10.9. The molecule has 0 saturated heterocycles. The van der Waals surface area contributed by atoms with Gasteiger partial charge in [-0.1, -0.05) is 6.07 Å². The summed E-state index contributed by atoms with van der Waals surface area (Å²) in [4.78, 5) is 3.88. The molecule has 2 N–H and O–H groups in total. The van der Waals surface area contributed by atoms with Crippen molar-refractivity contribution in [1.82, 2.24) is 4.98 Å². The van der Waals surface area contributed by atoms with E-state index in [-0.39, 0.29) is 5.82 Å². The number of benzene rings is 1. The predicted octanol–water partition coefficient (Wildman–Crippen LogP) is 3.36. The smallest absolute Gasteiger partial charge is 0.167 e. The first-order chi connectivity index (χ1) is 7.66. The molecule has 0 radical (unpaired) electrons. The number of hydrogen-bond acceptors (Lipinski definition) is 3. The summed E-state index contributed by atoms with van der Waals surface area (Å²) >= 11 is 3.26. The van der Waals surface area contributed by atoms with Gasteiger partial charge in [0.25, 0.3) is 0 Å². The molecule has 2 rings (SSSR count). The fourth-order valence-corrected chi connectivity index (χ4v) is 1.62. The summed E-state index contributed by atoms with van der Waals surface area (Å²) in [5.41, 5.74) is 6.08. The van der Waals surface area contributed by atoms with Gasteiger partial charge in [-0.05, 0) is 28.1 Å². The Labute approximate surface area is 100 Å². The molecule has 1 heterocycles. The SMILES string of the molecule is Nc1cncc(Br)c1Oc1cccc(F)c1. The molecule has 82 valence electrons. The highest BCUT2D eigenvalue weighted by Gasteiger charge is 2.07. The first-order valence-electron chi connectivity index (χ1n) is 4.49. The third-order valence-electron chi connectivity index (χ3n) is 1.90. The van der Waals surface area contributed by atoms with E-state index in [1.54, 1.807) is 18.3 Å². The number of ether oxygens (including phenoxy) is 1. The number of nitrogens with zero attached hydrogens (tertiary/aromatic N) is 1. The summed E-state index contributed by atoms with van der Waals surface area (Å²) in [6.45, 7) is 0. The molecule has 0 aliphatic carbocycles. The van der Waals surface area contributed by atoms with Gasteiger partial charge in [0.05, 0.1) is 16.4 Å². The van der Waals surface area contributed by atoms with E-state index in [4.69, 9.17) is 10.5 Å². The Kier molecular flexibility index (Phi) is 3.05. The molecule has 0 amide bonds. The van der Waals surface area contributed by atoms with Gasteiger partial charge in [-0.25, -0.2) is 4.39 Å². The minimum atomic E-state index is -0.360. The topological polar surface area (TPSA) is 48.1 Å². The maximum atomic E-state index is 12.9. The summed E-state index contributed by atoms with van der Waals surface area (Å²) in [5, 5.41) is 0. The Balaban J connectivity index is 2.34. The minimum absolute atomic E-state index is 0.360. The van der Waals surface area contributed by atoms with Crippen molar-refractivity contribution >= 4 is 21.6 Å². The van der Waals surface area contributed by atoms with E-state index in [0.29, 0.717) is 21.7 Å². The number of aromatic nitrogens is 1. The van der Waals surface area contributed by atoms with E-state index in [1.165, 1.54) is 18.3 Å². The quantitative estimate of drug-likeness (QED) is 0.919. The van der Waals surface area contributed by atoms with Crippen LogP contribution < -0.4 is 10.5 Å². The van der Waals surface area contributed by atoms with Crippen LogP contribution in [0.2, 0.25) is 0 Å². The molecular formula is C11H8BrFN2O. The highest BCUT2D eigenvalue weighted by Crippen LogP contribution is 2.33. The summed E-state index contributed by atoms with van der Waals surface area (Å²) < 4.78 is 19.0. The van der Waals surface area contributed by atoms with Crippen molar-refractivity contribution in [3.63, 3.8) is 0 Å². The van der Waals surface area contributed by atoms with E-state index in [9.17, 15) is 4.39 Å². The van der Waals surface area contributed by atoms with Gasteiger partial charge < -0.3 is 10.5 Å². The van der Waals surface area contributed by atoms with Crippen molar-refractivity contribution < 1.29 is 9.13 Å². The van der Waals surface area contributed by atoms with Crippen molar-refractivity contribution in [1.29, 1.82) is 0 Å². The molecule has 0 bridgehead atoms. The summed E-state index contributed by atoms with van der Waals surface area (Å²) in [6.07, 6.45) is 3.03. The Bertz CT molecular complexity index is 499. The van der Waals surface area contributed by atoms with Crippen LogP contribution in [0, 0.1) is 5.82 Å². The lowest BCUT2D eigenvalue weighted by Gasteiger charge is -2.09. The second kappa shape index (κ2) is 4.49. The zero-order chi connectivity index (χ0) is 11.5. The van der Waals surface area contributed by atoms with Gasteiger partial charge in [-0.3, -0.25) is 4.98 Å². The maximum absolute atomic E-state index is 12.9. The van der Waals surface area contributed by atoms with Crippen molar-refractivity contribution in [2.45, 2.75) is 0 Å². The average Bonchev–Trinajstić information content (AvgIpc) is 2.24. The normalized spacial score (nSPS) is 10.1. The lowest BCUT2D eigenvalue weighted by atomic mass is 10.3. The lowest BCUT2D eigenvalue weighted by Crippen LogP contribution is -1.94. The van der Waals surface area contributed by atoms with E-state index in [0.717, 1.165) is 0 Å². The molecule has 0 aliphatic rings. The van der Waals surface area contributed by atoms with Crippen LogP contribution in [0.25, 0.3) is 0 Å². The van der Waals surface area contributed by atoms with Gasteiger partial charge >= 0.3 is 0 Å². The first-order valence-corrected chi connectivity index (χ1v) is 5.28. The van der Waals surface area contributed by atoms with E-state index < -0.39 is 0 Å². The third kappa shape index (κ3) is 2.30. The summed E-state index contributed by atoms with van der Waals surface area (Å²) in [7, 11) is 0. The number of halogens is 2. The fourth-order valence-electron chi connectivity index (χ4n) is 1.19. The standard InChI is InChI=1S/C11H8BrFN2O/c12-9-5-15-6-10(14)11(9)16-8-3-1-2-7(13)4-8/h1-6H,14H2. The van der Waals surface area contributed by atoms with Gasteiger partial charge in [0, 0.05) is 12.3 Å². The van der Waals surface area contributed by atoms with Crippen molar-refractivity contribution in [3.8, 4) is 11.5 Å². The second-order valence-electron chi connectivity index (χ2n) is 3.10. The zero-order valence-electron chi connectivity index (χ0n) is 8.15. The molecule has 0 fully saturated rings. The van der Waals surface area contributed by atoms with Crippen LogP contribution in [0.5, 0.6) is 11.5 Å². The molecule has 1 aromatic carbocycles. The van der Waals surface area contributed by atoms with Gasteiger partial charge in [-0.15, -0.1) is 0 Å². The van der Waals surface area contributed by atoms with Crippen LogP contribution in [0.15, 0.2) is 41.1 Å². The minimum Gasteiger partial charge on any atom is -0.454 e. The van der Waals surface area contributed by atoms with Crippen LogP contribution in [-0.4, -0.2) is 4.98 Å². The molecule has 0 spiro atoms. The highest BCUT2D eigenvalue weighted by molar-refractivity contribution is 9.10. The van der Waals surface area contributed by atoms with Crippen LogP contribution >= 0.6 is 15.9 Å². The van der Waals surface area contributed by atoms with Crippen LogP contribution in [0.1, 0.15) is 0 Å². The maximum Gasteiger partial charge on any atom is 0.167 e. The van der Waals surface area contributed by atoms with E-state index in [1.807, 2.05) is 0 Å². The third-order valence-corrected chi connectivity index (χ3v) is 2.46. The Hall–Kier alpha value is -1.62. The van der Waals surface area contributed by atoms with Crippen LogP contribution in [0.4, 0.5) is 10.1 Å². The van der Waals surface area contributed by atoms with Crippen molar-refractivity contribution in [2.75, 3.05) is 5.73 Å². The highest BCUT2D eigenvalue weighted by atomic mass is 79.9. The van der Waals surface area contributed by atoms with Crippen molar-refractivity contribution in [3.05, 3.63) is 46.9 Å². The molecule has 3 nitrogen and oxygen atoms in total. The molecule has 0 saturated carbocycles. The largest absolute Gasteiger partial charge is 0.454 e. The van der Waals surface area contributed by atoms with Gasteiger partial charge in [0.15, 0.2) is 5.75 Å². The summed E-state index contributed by atoms with van der Waals surface area (Å²) in [6, 6.07) is 5.84. The molecule has 0 atom stereocenters. The van der Waals surface area contributed by atoms with Gasteiger partial charge in [0.1, 0.15) is 11.6 Å². The number of nitrogen functional groups attached to an aromatic ring is 1. The van der Waals surface area contributed by atoms with Crippen LogP contribution in [0.3, 0.4) is 0 Å². The second-order valence-corrected chi connectivity index (χ2v) is 3.95.